The van der Waals surface area contributed by atoms with Gasteiger partial charge in [0.2, 0.25) is 5.91 Å². The minimum absolute atomic E-state index is 0.118. The summed E-state index contributed by atoms with van der Waals surface area (Å²) in [5.74, 6) is 0.118. The molecule has 2 heterocycles. The Morgan fingerprint density at radius 1 is 1.32 bits per heavy atom. The topological polar surface area (TPSA) is 87.2 Å². The van der Waals surface area contributed by atoms with Crippen molar-refractivity contribution in [3.05, 3.63) is 48.0 Å². The van der Waals surface area contributed by atoms with E-state index in [1.807, 2.05) is 32.0 Å². The molecule has 1 atom stereocenters. The summed E-state index contributed by atoms with van der Waals surface area (Å²) in [5, 5.41) is 5.52. The molecule has 7 nitrogen and oxygen atoms in total. The molecule has 1 aromatic heterocycles. The van der Waals surface area contributed by atoms with Gasteiger partial charge in [-0.05, 0) is 38.5 Å². The van der Waals surface area contributed by atoms with Crippen LogP contribution in [0.15, 0.2) is 36.7 Å². The number of nitrogens with zero attached hydrogens (tertiary/aromatic N) is 3. The minimum atomic E-state index is -0.333. The molecule has 1 fully saturated rings. The van der Waals surface area contributed by atoms with Gasteiger partial charge in [0.05, 0.1) is 24.1 Å². The molecule has 0 spiro atoms. The Balaban J connectivity index is 1.60. The third-order valence-corrected chi connectivity index (χ3v) is 4.13. The first-order chi connectivity index (χ1) is 12.0. The largest absolute Gasteiger partial charge is 0.332 e. The minimum Gasteiger partial charge on any atom is -0.332 e. The van der Waals surface area contributed by atoms with Crippen molar-refractivity contribution in [2.75, 3.05) is 10.2 Å². The van der Waals surface area contributed by atoms with Crippen LogP contribution in [-0.2, 0) is 11.3 Å². The monoisotopic (exact) mass is 339 g/mol. The number of carbonyl (C=O) groups excluding carboxylic acids is 2. The highest BCUT2D eigenvalue weighted by Crippen LogP contribution is 2.28. The number of nitrogens with one attached hydrogen (secondary N) is 2. The summed E-state index contributed by atoms with van der Waals surface area (Å²) in [5.41, 5.74) is 2.95. The predicted molar refractivity (Wildman–Crippen MR) is 95.3 cm³/mol. The Kier molecular flexibility index (Phi) is 4.92. The first kappa shape index (κ1) is 16.9. The third-order valence-electron chi connectivity index (χ3n) is 4.13. The molecule has 0 aliphatic carbocycles. The van der Waals surface area contributed by atoms with Gasteiger partial charge >= 0.3 is 6.03 Å². The van der Waals surface area contributed by atoms with Gasteiger partial charge in [-0.25, -0.2) is 4.79 Å². The summed E-state index contributed by atoms with van der Waals surface area (Å²) in [7, 11) is 0. The molecule has 25 heavy (non-hydrogen) atoms. The normalized spacial score (nSPS) is 16.8. The van der Waals surface area contributed by atoms with E-state index in [9.17, 15) is 9.59 Å². The number of rotatable bonds is 4. The second-order valence-electron chi connectivity index (χ2n) is 6.16. The highest BCUT2D eigenvalue weighted by atomic mass is 16.2. The van der Waals surface area contributed by atoms with Crippen molar-refractivity contribution < 1.29 is 9.59 Å². The van der Waals surface area contributed by atoms with E-state index in [-0.39, 0.29) is 18.0 Å². The average molecular weight is 339 g/mol. The van der Waals surface area contributed by atoms with Gasteiger partial charge in [-0.1, -0.05) is 6.07 Å². The van der Waals surface area contributed by atoms with E-state index < -0.39 is 0 Å². The van der Waals surface area contributed by atoms with Crippen LogP contribution >= 0.6 is 0 Å². The van der Waals surface area contributed by atoms with Crippen LogP contribution < -0.4 is 15.5 Å². The van der Waals surface area contributed by atoms with E-state index in [1.165, 1.54) is 0 Å². The van der Waals surface area contributed by atoms with Crippen molar-refractivity contribution in [2.24, 2.45) is 0 Å². The van der Waals surface area contributed by atoms with Crippen LogP contribution in [0.3, 0.4) is 0 Å². The van der Waals surface area contributed by atoms with Crippen molar-refractivity contribution in [3.63, 3.8) is 0 Å². The van der Waals surface area contributed by atoms with Crippen LogP contribution in [0, 0.1) is 6.92 Å². The van der Waals surface area contributed by atoms with Gasteiger partial charge in [-0.15, -0.1) is 0 Å². The number of aryl methyl sites for hydroxylation is 1. The SMILES string of the molecule is Cc1cnc(CNC(=O)Nc2cccc(N3C(=O)CC[C@H]3C)c2)cn1. The molecule has 3 rings (SSSR count). The molecule has 0 radical (unpaired) electrons. The summed E-state index contributed by atoms with van der Waals surface area (Å²) in [6.07, 6.45) is 4.72. The Morgan fingerprint density at radius 3 is 2.84 bits per heavy atom. The molecule has 130 valence electrons. The van der Waals surface area contributed by atoms with Crippen molar-refractivity contribution >= 4 is 23.3 Å². The Hall–Kier alpha value is -2.96. The Morgan fingerprint density at radius 2 is 2.16 bits per heavy atom. The predicted octanol–water partition coefficient (Wildman–Crippen LogP) is 2.62. The second-order valence-corrected chi connectivity index (χ2v) is 6.16. The Labute approximate surface area is 146 Å². The summed E-state index contributed by atoms with van der Waals surface area (Å²) in [4.78, 5) is 34.2. The van der Waals surface area contributed by atoms with Crippen LogP contribution in [0.2, 0.25) is 0 Å². The zero-order chi connectivity index (χ0) is 17.8. The molecule has 0 bridgehead atoms. The number of urea groups is 1. The smallest absolute Gasteiger partial charge is 0.319 e. The molecule has 1 aliphatic rings. The zero-order valence-corrected chi connectivity index (χ0v) is 14.3. The quantitative estimate of drug-likeness (QED) is 0.896. The Bertz CT molecular complexity index is 775. The lowest BCUT2D eigenvalue weighted by atomic mass is 10.2. The van der Waals surface area contributed by atoms with Gasteiger partial charge in [0.1, 0.15) is 0 Å². The van der Waals surface area contributed by atoms with E-state index in [4.69, 9.17) is 0 Å². The standard InChI is InChI=1S/C18H21N5O2/c1-12-9-20-15(10-19-12)11-21-18(25)22-14-4-3-5-16(8-14)23-13(2)6-7-17(23)24/h3-5,8-10,13H,6-7,11H2,1-2H3,(H2,21,22,25)/t13-/m1/s1. The maximum Gasteiger partial charge on any atom is 0.319 e. The second kappa shape index (κ2) is 7.29. The third kappa shape index (κ3) is 4.12. The highest BCUT2D eigenvalue weighted by molar-refractivity contribution is 5.97. The zero-order valence-electron chi connectivity index (χ0n) is 14.3. The number of aromatic nitrogens is 2. The first-order valence-electron chi connectivity index (χ1n) is 8.27. The lowest BCUT2D eigenvalue weighted by Gasteiger charge is -2.22. The summed E-state index contributed by atoms with van der Waals surface area (Å²) < 4.78 is 0. The number of benzene rings is 1. The molecule has 7 heteroatoms. The molecule has 0 unspecified atom stereocenters. The molecule has 0 saturated carbocycles. The van der Waals surface area contributed by atoms with Gasteiger partial charge < -0.3 is 15.5 Å². The van der Waals surface area contributed by atoms with Crippen LogP contribution in [0.1, 0.15) is 31.2 Å². The number of carbonyl (C=O) groups is 2. The average Bonchev–Trinajstić information content (AvgIpc) is 2.93. The first-order valence-corrected chi connectivity index (χ1v) is 8.27. The van der Waals surface area contributed by atoms with E-state index in [0.717, 1.165) is 17.8 Å². The van der Waals surface area contributed by atoms with Gasteiger partial charge in [0.15, 0.2) is 0 Å². The molecular formula is C18H21N5O2. The maximum absolute atomic E-state index is 12.1. The van der Waals surface area contributed by atoms with E-state index >= 15 is 0 Å². The van der Waals surface area contributed by atoms with Gasteiger partial charge in [-0.2, -0.15) is 0 Å². The molecule has 1 aliphatic heterocycles. The summed E-state index contributed by atoms with van der Waals surface area (Å²) in [6.45, 7) is 4.18. The van der Waals surface area contributed by atoms with Crippen molar-refractivity contribution in [1.29, 1.82) is 0 Å². The van der Waals surface area contributed by atoms with Crippen molar-refractivity contribution in [1.82, 2.24) is 15.3 Å². The fourth-order valence-corrected chi connectivity index (χ4v) is 2.82. The van der Waals surface area contributed by atoms with Crippen molar-refractivity contribution in [2.45, 2.75) is 39.3 Å². The number of amides is 3. The van der Waals surface area contributed by atoms with Gasteiger partial charge in [-0.3, -0.25) is 14.8 Å². The van der Waals surface area contributed by atoms with E-state index in [0.29, 0.717) is 24.3 Å². The number of hydrogen-bond acceptors (Lipinski definition) is 4. The van der Waals surface area contributed by atoms with Crippen LogP contribution in [0.25, 0.3) is 0 Å². The van der Waals surface area contributed by atoms with E-state index in [2.05, 4.69) is 20.6 Å². The maximum atomic E-state index is 12.1. The highest BCUT2D eigenvalue weighted by Gasteiger charge is 2.28. The lowest BCUT2D eigenvalue weighted by molar-refractivity contribution is -0.117. The van der Waals surface area contributed by atoms with Crippen LogP contribution in [0.4, 0.5) is 16.2 Å². The molecule has 2 aromatic rings. The van der Waals surface area contributed by atoms with Crippen LogP contribution in [0.5, 0.6) is 0 Å². The van der Waals surface area contributed by atoms with Gasteiger partial charge in [0, 0.05) is 30.0 Å². The summed E-state index contributed by atoms with van der Waals surface area (Å²) in [6, 6.07) is 7.15. The molecule has 1 aromatic carbocycles. The number of hydrogen-bond donors (Lipinski definition) is 2. The lowest BCUT2D eigenvalue weighted by Crippen LogP contribution is -2.31. The van der Waals surface area contributed by atoms with Crippen LogP contribution in [-0.4, -0.2) is 27.9 Å². The van der Waals surface area contributed by atoms with E-state index in [1.54, 1.807) is 23.4 Å². The number of anilines is 2. The molecule has 2 N–H and O–H groups in total. The molecule has 1 saturated heterocycles. The van der Waals surface area contributed by atoms with Crippen molar-refractivity contribution in [3.8, 4) is 0 Å². The fourth-order valence-electron chi connectivity index (χ4n) is 2.82. The molecular weight excluding hydrogens is 318 g/mol. The fraction of sp³-hybridized carbons (Fsp3) is 0.333. The van der Waals surface area contributed by atoms with Gasteiger partial charge in [0.25, 0.3) is 0 Å². The summed E-state index contributed by atoms with van der Waals surface area (Å²) >= 11 is 0. The molecule has 3 amide bonds.